The second-order valence-corrected chi connectivity index (χ2v) is 2.45. The van der Waals surface area contributed by atoms with Crippen LogP contribution in [0.4, 0.5) is 0 Å². The van der Waals surface area contributed by atoms with E-state index in [0.717, 1.165) is 12.1 Å². The maximum absolute atomic E-state index is 9.27. The molecule has 1 radical (unpaired) electrons. The quantitative estimate of drug-likeness (QED) is 0.564. The second kappa shape index (κ2) is 1.99. The van der Waals surface area contributed by atoms with Crippen LogP contribution in [0.5, 0.6) is 5.75 Å². The number of hydrogen-bond acceptors (Lipinski definition) is 1. The van der Waals surface area contributed by atoms with Crippen molar-refractivity contribution in [2.75, 3.05) is 0 Å². The number of phenolic OH excluding ortho intramolecular Hbond substituents is 1. The molecule has 0 spiro atoms. The minimum Gasteiger partial charge on any atom is -0.508 e. The van der Waals surface area contributed by atoms with Gasteiger partial charge < -0.3 is 5.11 Å². The number of aromatic hydroxyl groups is 1. The number of phenols is 1. The van der Waals surface area contributed by atoms with Crippen LogP contribution in [0.1, 0.15) is 11.1 Å². The average Bonchev–Trinajstić information content (AvgIpc) is 2.36. The van der Waals surface area contributed by atoms with Crippen molar-refractivity contribution < 1.29 is 5.11 Å². The van der Waals surface area contributed by atoms with E-state index in [1.54, 1.807) is 6.07 Å². The van der Waals surface area contributed by atoms with Crippen molar-refractivity contribution in [3.8, 4) is 5.75 Å². The van der Waals surface area contributed by atoms with Gasteiger partial charge in [0.25, 0.3) is 0 Å². The summed E-state index contributed by atoms with van der Waals surface area (Å²) in [4.78, 5) is 0. The van der Waals surface area contributed by atoms with E-state index in [1.165, 1.54) is 5.56 Å². The third kappa shape index (κ3) is 0.693. The first-order valence-electron chi connectivity index (χ1n) is 3.31. The standard InChI is InChI=1S/C8H8NO/c10-8-3-1-2-6-4-9-5-7(6)8/h1-3,10H,4-5H2. The molecule has 1 heterocycles. The van der Waals surface area contributed by atoms with E-state index in [1.807, 2.05) is 12.1 Å². The van der Waals surface area contributed by atoms with Crippen LogP contribution in [-0.2, 0) is 13.1 Å². The Kier molecular flexibility index (Phi) is 1.14. The molecule has 2 rings (SSSR count). The fourth-order valence-corrected chi connectivity index (χ4v) is 1.24. The summed E-state index contributed by atoms with van der Waals surface area (Å²) in [5.41, 5.74) is 2.17. The van der Waals surface area contributed by atoms with Gasteiger partial charge in [0.05, 0.1) is 0 Å². The van der Waals surface area contributed by atoms with Crippen molar-refractivity contribution >= 4 is 0 Å². The Hall–Kier alpha value is -1.02. The number of nitrogens with zero attached hydrogens (tertiary/aromatic N) is 1. The van der Waals surface area contributed by atoms with Crippen molar-refractivity contribution in [3.05, 3.63) is 29.3 Å². The van der Waals surface area contributed by atoms with Crippen LogP contribution >= 0.6 is 0 Å². The molecular weight excluding hydrogens is 126 g/mol. The van der Waals surface area contributed by atoms with E-state index in [0.29, 0.717) is 12.3 Å². The maximum atomic E-state index is 9.27. The molecule has 0 aliphatic carbocycles. The Morgan fingerprint density at radius 2 is 2.20 bits per heavy atom. The van der Waals surface area contributed by atoms with Crippen LogP contribution in [0.15, 0.2) is 18.2 Å². The molecule has 2 nitrogen and oxygen atoms in total. The molecule has 0 fully saturated rings. The van der Waals surface area contributed by atoms with Crippen molar-refractivity contribution in [1.29, 1.82) is 0 Å². The molecule has 1 aliphatic rings. The van der Waals surface area contributed by atoms with Crippen molar-refractivity contribution in [1.82, 2.24) is 5.32 Å². The molecule has 1 aromatic carbocycles. The normalized spacial score (nSPS) is 15.2. The third-order valence-corrected chi connectivity index (χ3v) is 1.80. The summed E-state index contributed by atoms with van der Waals surface area (Å²) in [7, 11) is 0. The van der Waals surface area contributed by atoms with Gasteiger partial charge in [-0.05, 0) is 11.6 Å². The van der Waals surface area contributed by atoms with Gasteiger partial charge >= 0.3 is 0 Å². The van der Waals surface area contributed by atoms with Gasteiger partial charge in [-0.25, -0.2) is 5.32 Å². The van der Waals surface area contributed by atoms with Crippen molar-refractivity contribution in [2.24, 2.45) is 0 Å². The molecule has 10 heavy (non-hydrogen) atoms. The lowest BCUT2D eigenvalue weighted by Gasteiger charge is -1.97. The first-order valence-corrected chi connectivity index (χ1v) is 3.31. The van der Waals surface area contributed by atoms with Gasteiger partial charge in [-0.1, -0.05) is 12.1 Å². The highest BCUT2D eigenvalue weighted by atomic mass is 16.3. The summed E-state index contributed by atoms with van der Waals surface area (Å²) >= 11 is 0. The highest BCUT2D eigenvalue weighted by Crippen LogP contribution is 2.24. The molecule has 1 aliphatic heterocycles. The van der Waals surface area contributed by atoms with Crippen LogP contribution in [0, 0.1) is 0 Å². The van der Waals surface area contributed by atoms with Crippen LogP contribution in [0.25, 0.3) is 0 Å². The summed E-state index contributed by atoms with van der Waals surface area (Å²) in [6.07, 6.45) is 0. The van der Waals surface area contributed by atoms with Crippen molar-refractivity contribution in [2.45, 2.75) is 13.1 Å². The van der Waals surface area contributed by atoms with Crippen LogP contribution < -0.4 is 5.32 Å². The summed E-state index contributed by atoms with van der Waals surface area (Å²) in [6, 6.07) is 5.57. The van der Waals surface area contributed by atoms with E-state index in [4.69, 9.17) is 0 Å². The molecular formula is C8H8NO. The topological polar surface area (TPSA) is 34.3 Å². The lowest BCUT2D eigenvalue weighted by Crippen LogP contribution is -1.89. The first kappa shape index (κ1) is 5.74. The van der Waals surface area contributed by atoms with E-state index < -0.39 is 0 Å². The third-order valence-electron chi connectivity index (χ3n) is 1.80. The Balaban J connectivity index is 2.59. The predicted molar refractivity (Wildman–Crippen MR) is 37.6 cm³/mol. The molecule has 0 saturated heterocycles. The number of fused-ring (bicyclic) bond motifs is 1. The lowest BCUT2D eigenvalue weighted by atomic mass is 10.1. The zero-order chi connectivity index (χ0) is 6.97. The van der Waals surface area contributed by atoms with Gasteiger partial charge in [-0.15, -0.1) is 0 Å². The van der Waals surface area contributed by atoms with Gasteiger partial charge in [0, 0.05) is 18.7 Å². The fourth-order valence-electron chi connectivity index (χ4n) is 1.24. The van der Waals surface area contributed by atoms with E-state index in [2.05, 4.69) is 5.32 Å². The molecule has 0 atom stereocenters. The summed E-state index contributed by atoms with van der Waals surface area (Å²) in [6.45, 7) is 1.45. The fraction of sp³-hybridized carbons (Fsp3) is 0.250. The molecule has 0 amide bonds. The minimum absolute atomic E-state index is 0.388. The van der Waals surface area contributed by atoms with E-state index in [9.17, 15) is 5.11 Å². The minimum atomic E-state index is 0.388. The van der Waals surface area contributed by atoms with Gasteiger partial charge in [0.1, 0.15) is 5.75 Å². The van der Waals surface area contributed by atoms with Crippen molar-refractivity contribution in [3.63, 3.8) is 0 Å². The van der Waals surface area contributed by atoms with Gasteiger partial charge in [0.2, 0.25) is 0 Å². The largest absolute Gasteiger partial charge is 0.508 e. The molecule has 0 aromatic heterocycles. The van der Waals surface area contributed by atoms with Gasteiger partial charge in [0.15, 0.2) is 0 Å². The Morgan fingerprint density at radius 1 is 1.30 bits per heavy atom. The molecule has 0 bridgehead atoms. The Morgan fingerprint density at radius 3 is 3.00 bits per heavy atom. The smallest absolute Gasteiger partial charge is 0.120 e. The molecule has 1 N–H and O–H groups in total. The molecule has 2 heteroatoms. The monoisotopic (exact) mass is 134 g/mol. The van der Waals surface area contributed by atoms with Gasteiger partial charge in [-0.3, -0.25) is 0 Å². The van der Waals surface area contributed by atoms with Crippen LogP contribution in [0.2, 0.25) is 0 Å². The van der Waals surface area contributed by atoms with E-state index in [-0.39, 0.29) is 0 Å². The summed E-state index contributed by atoms with van der Waals surface area (Å²) in [5.74, 6) is 0.388. The zero-order valence-electron chi connectivity index (χ0n) is 5.54. The Labute approximate surface area is 59.5 Å². The van der Waals surface area contributed by atoms with Crippen LogP contribution in [-0.4, -0.2) is 5.11 Å². The average molecular weight is 134 g/mol. The number of benzene rings is 1. The van der Waals surface area contributed by atoms with Gasteiger partial charge in [-0.2, -0.15) is 0 Å². The molecule has 0 saturated carbocycles. The first-order chi connectivity index (χ1) is 4.88. The predicted octanol–water partition coefficient (Wildman–Crippen LogP) is 1.01. The second-order valence-electron chi connectivity index (χ2n) is 2.45. The molecule has 51 valence electrons. The maximum Gasteiger partial charge on any atom is 0.120 e. The van der Waals surface area contributed by atoms with E-state index >= 15 is 0 Å². The van der Waals surface area contributed by atoms with Crippen LogP contribution in [0.3, 0.4) is 0 Å². The number of hydrogen-bond donors (Lipinski definition) is 1. The Bertz CT molecular complexity index is 257. The summed E-state index contributed by atoms with van der Waals surface area (Å²) in [5, 5.41) is 13.4. The number of rotatable bonds is 0. The lowest BCUT2D eigenvalue weighted by molar-refractivity contribution is 0.468. The SMILES string of the molecule is Oc1cccc2c1C[N]C2. The molecule has 1 aromatic rings. The zero-order valence-corrected chi connectivity index (χ0v) is 5.54. The summed E-state index contributed by atoms with van der Waals surface area (Å²) < 4.78 is 0. The molecule has 0 unspecified atom stereocenters. The highest BCUT2D eigenvalue weighted by Gasteiger charge is 2.13. The highest BCUT2D eigenvalue weighted by molar-refractivity contribution is 5.41.